The highest BCUT2D eigenvalue weighted by atomic mass is 16.5. The van der Waals surface area contributed by atoms with Gasteiger partial charge in [0.05, 0.1) is 7.11 Å². The molecular weight excluding hydrogens is 332 g/mol. The average Bonchev–Trinajstić information content (AvgIpc) is 2.71. The van der Waals surface area contributed by atoms with Crippen LogP contribution in [0.25, 0.3) is 32.3 Å². The third-order valence-electron chi connectivity index (χ3n) is 5.67. The molecule has 2 nitrogen and oxygen atoms in total. The van der Waals surface area contributed by atoms with Crippen molar-refractivity contribution in [1.82, 2.24) is 0 Å². The lowest BCUT2D eigenvalue weighted by Crippen LogP contribution is -1.99. The molecule has 0 heterocycles. The van der Waals surface area contributed by atoms with Crippen LogP contribution in [-0.4, -0.2) is 13.1 Å². The zero-order chi connectivity index (χ0) is 18.6. The molecule has 0 amide bonds. The second-order valence-electron chi connectivity index (χ2n) is 7.42. The fourth-order valence-corrected chi connectivity index (χ4v) is 4.23. The van der Waals surface area contributed by atoms with Crippen molar-refractivity contribution in [2.45, 2.75) is 44.9 Å². The minimum absolute atomic E-state index is 0.0938. The summed E-state index contributed by atoms with van der Waals surface area (Å²) in [5, 5.41) is 8.21. The van der Waals surface area contributed by atoms with Crippen molar-refractivity contribution in [3.05, 3.63) is 60.2 Å². The average molecular weight is 358 g/mol. The van der Waals surface area contributed by atoms with Gasteiger partial charge < -0.3 is 4.74 Å². The molecule has 0 saturated heterocycles. The maximum absolute atomic E-state index is 11.1. The Labute approximate surface area is 160 Å². The molecule has 0 spiro atoms. The SMILES string of the molecule is COC(=O)CCCCCCCc1ccc2ccc3cccc4ccc1c2c34. The standard InChI is InChI=1S/C25H26O2/c1-27-23(26)11-6-4-2-3-5-8-18-12-13-21-15-14-19-9-7-10-20-16-17-22(18)25(21)24(19)20/h7,9-10,12-17H,2-6,8,11H2,1H3. The number of hydrogen-bond acceptors (Lipinski definition) is 2. The van der Waals surface area contributed by atoms with Crippen molar-refractivity contribution in [3.8, 4) is 0 Å². The van der Waals surface area contributed by atoms with Crippen molar-refractivity contribution in [2.24, 2.45) is 0 Å². The summed E-state index contributed by atoms with van der Waals surface area (Å²) in [5.74, 6) is -0.0938. The zero-order valence-electron chi connectivity index (χ0n) is 16.0. The molecular formula is C25H26O2. The first-order chi connectivity index (χ1) is 13.3. The van der Waals surface area contributed by atoms with Crippen molar-refractivity contribution in [2.75, 3.05) is 7.11 Å². The molecule has 0 saturated carbocycles. The van der Waals surface area contributed by atoms with Crippen LogP contribution >= 0.6 is 0 Å². The summed E-state index contributed by atoms with van der Waals surface area (Å²) in [6.45, 7) is 0. The summed E-state index contributed by atoms with van der Waals surface area (Å²) < 4.78 is 4.69. The number of unbranched alkanes of at least 4 members (excludes halogenated alkanes) is 4. The highest BCUT2D eigenvalue weighted by Crippen LogP contribution is 2.36. The first kappa shape index (κ1) is 17.8. The van der Waals surface area contributed by atoms with E-state index >= 15 is 0 Å². The molecule has 0 aliphatic rings. The molecule has 0 aliphatic carbocycles. The van der Waals surface area contributed by atoms with E-state index in [1.165, 1.54) is 64.3 Å². The predicted octanol–water partition coefficient (Wildman–Crippen LogP) is 6.64. The smallest absolute Gasteiger partial charge is 0.305 e. The molecule has 138 valence electrons. The Kier molecular flexibility index (Phi) is 5.24. The molecule has 4 aromatic rings. The van der Waals surface area contributed by atoms with E-state index in [1.54, 1.807) is 0 Å². The maximum Gasteiger partial charge on any atom is 0.305 e. The quantitative estimate of drug-likeness (QED) is 0.200. The Morgan fingerprint density at radius 2 is 1.37 bits per heavy atom. The number of carbonyl (C=O) groups is 1. The first-order valence-electron chi connectivity index (χ1n) is 10.00. The van der Waals surface area contributed by atoms with Crippen LogP contribution in [0.1, 0.15) is 44.1 Å². The Morgan fingerprint density at radius 3 is 2.15 bits per heavy atom. The van der Waals surface area contributed by atoms with Crippen LogP contribution in [0.3, 0.4) is 0 Å². The van der Waals surface area contributed by atoms with Crippen molar-refractivity contribution < 1.29 is 9.53 Å². The first-order valence-corrected chi connectivity index (χ1v) is 10.00. The number of aryl methyl sites for hydroxylation is 1. The molecule has 0 aliphatic heterocycles. The van der Waals surface area contributed by atoms with Crippen molar-refractivity contribution in [3.63, 3.8) is 0 Å². The van der Waals surface area contributed by atoms with Crippen LogP contribution in [0.2, 0.25) is 0 Å². The van der Waals surface area contributed by atoms with Crippen molar-refractivity contribution in [1.29, 1.82) is 0 Å². The Morgan fingerprint density at radius 1 is 0.741 bits per heavy atom. The Bertz CT molecular complexity index is 1050. The van der Waals surface area contributed by atoms with E-state index in [2.05, 4.69) is 59.3 Å². The van der Waals surface area contributed by atoms with Gasteiger partial charge in [-0.1, -0.05) is 73.9 Å². The lowest BCUT2D eigenvalue weighted by atomic mass is 9.90. The van der Waals surface area contributed by atoms with Crippen LogP contribution < -0.4 is 0 Å². The van der Waals surface area contributed by atoms with Crippen LogP contribution in [0.15, 0.2) is 54.6 Å². The van der Waals surface area contributed by atoms with Gasteiger partial charge in [0, 0.05) is 6.42 Å². The van der Waals surface area contributed by atoms with Crippen LogP contribution in [-0.2, 0) is 16.0 Å². The van der Waals surface area contributed by atoms with E-state index in [0.29, 0.717) is 6.42 Å². The molecule has 0 unspecified atom stereocenters. The van der Waals surface area contributed by atoms with Gasteiger partial charge in [0.15, 0.2) is 0 Å². The molecule has 4 aromatic carbocycles. The van der Waals surface area contributed by atoms with E-state index < -0.39 is 0 Å². The van der Waals surface area contributed by atoms with Gasteiger partial charge in [0.2, 0.25) is 0 Å². The van der Waals surface area contributed by atoms with Gasteiger partial charge in [-0.25, -0.2) is 0 Å². The van der Waals surface area contributed by atoms with E-state index in [0.717, 1.165) is 19.3 Å². The fraction of sp³-hybridized carbons (Fsp3) is 0.320. The molecule has 0 atom stereocenters. The van der Waals surface area contributed by atoms with Gasteiger partial charge in [0.25, 0.3) is 0 Å². The number of ether oxygens (including phenoxy) is 1. The molecule has 0 radical (unpaired) electrons. The Balaban J connectivity index is 1.46. The van der Waals surface area contributed by atoms with E-state index in [4.69, 9.17) is 0 Å². The van der Waals surface area contributed by atoms with E-state index in [1.807, 2.05) is 0 Å². The summed E-state index contributed by atoms with van der Waals surface area (Å²) >= 11 is 0. The van der Waals surface area contributed by atoms with Gasteiger partial charge in [-0.05, 0) is 57.1 Å². The second kappa shape index (κ2) is 7.96. The molecule has 0 fully saturated rings. The number of esters is 1. The number of hydrogen-bond donors (Lipinski definition) is 0. The summed E-state index contributed by atoms with van der Waals surface area (Å²) in [6, 6.07) is 20.2. The highest BCUT2D eigenvalue weighted by Gasteiger charge is 2.10. The molecule has 2 heteroatoms. The summed E-state index contributed by atoms with van der Waals surface area (Å²) in [5.41, 5.74) is 1.45. The summed E-state index contributed by atoms with van der Waals surface area (Å²) in [6.07, 6.45) is 7.30. The number of benzene rings is 4. The molecule has 27 heavy (non-hydrogen) atoms. The molecule has 4 rings (SSSR count). The zero-order valence-corrected chi connectivity index (χ0v) is 16.0. The van der Waals surface area contributed by atoms with Gasteiger partial charge >= 0.3 is 5.97 Å². The fourth-order valence-electron chi connectivity index (χ4n) is 4.23. The number of rotatable bonds is 8. The lowest BCUT2D eigenvalue weighted by molar-refractivity contribution is -0.140. The number of methoxy groups -OCH3 is 1. The van der Waals surface area contributed by atoms with Gasteiger partial charge in [-0.3, -0.25) is 4.79 Å². The van der Waals surface area contributed by atoms with Crippen LogP contribution in [0.4, 0.5) is 0 Å². The minimum atomic E-state index is -0.0938. The third kappa shape index (κ3) is 3.62. The molecule has 0 bridgehead atoms. The highest BCUT2D eigenvalue weighted by molar-refractivity contribution is 6.23. The van der Waals surface area contributed by atoms with Crippen LogP contribution in [0, 0.1) is 0 Å². The number of carbonyl (C=O) groups excluding carboxylic acids is 1. The van der Waals surface area contributed by atoms with Crippen molar-refractivity contribution >= 4 is 38.3 Å². The summed E-state index contributed by atoms with van der Waals surface area (Å²) in [4.78, 5) is 11.1. The second-order valence-corrected chi connectivity index (χ2v) is 7.42. The Hall–Kier alpha value is -2.61. The topological polar surface area (TPSA) is 26.3 Å². The lowest BCUT2D eigenvalue weighted by Gasteiger charge is -2.14. The van der Waals surface area contributed by atoms with Gasteiger partial charge in [-0.2, -0.15) is 0 Å². The normalized spacial score (nSPS) is 11.6. The molecule has 0 N–H and O–H groups in total. The third-order valence-corrected chi connectivity index (χ3v) is 5.67. The minimum Gasteiger partial charge on any atom is -0.469 e. The van der Waals surface area contributed by atoms with Gasteiger partial charge in [-0.15, -0.1) is 0 Å². The van der Waals surface area contributed by atoms with E-state index in [-0.39, 0.29) is 5.97 Å². The van der Waals surface area contributed by atoms with Crippen LogP contribution in [0.5, 0.6) is 0 Å². The predicted molar refractivity (Wildman–Crippen MR) is 114 cm³/mol. The van der Waals surface area contributed by atoms with E-state index in [9.17, 15) is 4.79 Å². The monoisotopic (exact) mass is 358 g/mol. The summed E-state index contributed by atoms with van der Waals surface area (Å²) in [7, 11) is 1.46. The molecule has 0 aromatic heterocycles. The maximum atomic E-state index is 11.1. The van der Waals surface area contributed by atoms with Gasteiger partial charge in [0.1, 0.15) is 0 Å². The largest absolute Gasteiger partial charge is 0.469 e.